The van der Waals surface area contributed by atoms with E-state index in [1.165, 1.54) is 0 Å². The van der Waals surface area contributed by atoms with Gasteiger partial charge in [0.05, 0.1) is 32.5 Å². The van der Waals surface area contributed by atoms with E-state index >= 15 is 0 Å². The van der Waals surface area contributed by atoms with Gasteiger partial charge in [-0.1, -0.05) is 91.0 Å². The zero-order valence-corrected chi connectivity index (χ0v) is 24.9. The highest BCUT2D eigenvalue weighted by Gasteiger charge is 2.49. The van der Waals surface area contributed by atoms with Crippen molar-refractivity contribution in [2.45, 2.75) is 62.9 Å². The molecule has 3 aromatic rings. The Morgan fingerprint density at radius 2 is 1.16 bits per heavy atom. The second-order valence-corrected chi connectivity index (χ2v) is 10.9. The monoisotopic (exact) mass is 593 g/mol. The van der Waals surface area contributed by atoms with Crippen LogP contribution < -0.4 is 0 Å². The zero-order chi connectivity index (χ0) is 29.9. The Balaban J connectivity index is 1.42. The summed E-state index contributed by atoms with van der Waals surface area (Å²) in [6.07, 6.45) is -3.51. The van der Waals surface area contributed by atoms with E-state index in [0.717, 1.165) is 16.7 Å². The molecular weight excluding hydrogens is 550 g/mol. The maximum Gasteiger partial charge on any atom is 0.186 e. The molecule has 2 heterocycles. The summed E-state index contributed by atoms with van der Waals surface area (Å²) in [6, 6.07) is 30.1. The molecule has 2 aliphatic heterocycles. The number of hydrogen-bond acceptors (Lipinski definition) is 9. The first kappa shape index (κ1) is 31.7. The van der Waals surface area contributed by atoms with Crippen LogP contribution in [0.3, 0.4) is 0 Å². The molecule has 43 heavy (non-hydrogen) atoms. The lowest BCUT2D eigenvalue weighted by Crippen LogP contribution is -2.63. The van der Waals surface area contributed by atoms with Crippen LogP contribution in [0.25, 0.3) is 0 Å². The number of aliphatic hydroxyl groups excluding tert-OH is 1. The second kappa shape index (κ2) is 16.4. The quantitative estimate of drug-likeness (QED) is 0.300. The molecule has 2 fully saturated rings. The number of hydrogen-bond donors (Lipinski definition) is 1. The summed E-state index contributed by atoms with van der Waals surface area (Å²) in [5, 5.41) is 9.86. The van der Waals surface area contributed by atoms with E-state index in [-0.39, 0.29) is 12.7 Å². The first-order valence-corrected chi connectivity index (χ1v) is 14.8. The van der Waals surface area contributed by atoms with Gasteiger partial charge in [-0.25, -0.2) is 0 Å². The number of methoxy groups -OCH3 is 2. The van der Waals surface area contributed by atoms with Crippen LogP contribution in [0.2, 0.25) is 0 Å². The molecule has 0 aromatic heterocycles. The van der Waals surface area contributed by atoms with Crippen molar-refractivity contribution in [1.29, 1.82) is 0 Å². The summed E-state index contributed by atoms with van der Waals surface area (Å²) in [6.45, 7) is 2.57. The molecule has 5 rings (SSSR count). The average molecular weight is 594 g/mol. The molecular formula is C34H43NO8. The molecule has 232 valence electrons. The number of rotatable bonds is 14. The number of morpholine rings is 1. The molecule has 0 aliphatic carbocycles. The predicted molar refractivity (Wildman–Crippen MR) is 160 cm³/mol. The number of nitrogens with zero attached hydrogens (tertiary/aromatic N) is 1. The van der Waals surface area contributed by atoms with E-state index in [4.69, 9.17) is 33.2 Å². The lowest BCUT2D eigenvalue weighted by molar-refractivity contribution is -0.321. The molecule has 1 N–H and O–H groups in total. The zero-order valence-electron chi connectivity index (χ0n) is 24.9. The normalized spacial score (nSPS) is 28.1. The summed E-state index contributed by atoms with van der Waals surface area (Å²) in [5.41, 5.74) is 3.13. The SMILES string of the molecule is COC1OC(CN2C[C@@H](CO)O[C@H](OC)C2)C(OCc2ccccc2)C(OCc2ccccc2)C1OCc1ccccc1. The summed E-state index contributed by atoms with van der Waals surface area (Å²) in [5.74, 6) is 0. The van der Waals surface area contributed by atoms with E-state index < -0.39 is 37.0 Å². The van der Waals surface area contributed by atoms with Gasteiger partial charge in [0.1, 0.15) is 24.4 Å². The molecule has 0 radical (unpaired) electrons. The van der Waals surface area contributed by atoms with Crippen molar-refractivity contribution in [2.24, 2.45) is 0 Å². The summed E-state index contributed by atoms with van der Waals surface area (Å²) < 4.78 is 43.7. The van der Waals surface area contributed by atoms with Crippen molar-refractivity contribution in [1.82, 2.24) is 4.90 Å². The van der Waals surface area contributed by atoms with Crippen LogP contribution in [0.4, 0.5) is 0 Å². The summed E-state index contributed by atoms with van der Waals surface area (Å²) in [4.78, 5) is 2.17. The van der Waals surface area contributed by atoms with Crippen molar-refractivity contribution in [3.63, 3.8) is 0 Å². The molecule has 0 amide bonds. The van der Waals surface area contributed by atoms with Crippen LogP contribution in [0.1, 0.15) is 16.7 Å². The van der Waals surface area contributed by atoms with Crippen LogP contribution in [-0.4, -0.2) is 93.6 Å². The first-order chi connectivity index (χ1) is 21.2. The highest BCUT2D eigenvalue weighted by Crippen LogP contribution is 2.32. The van der Waals surface area contributed by atoms with Gasteiger partial charge in [-0.2, -0.15) is 0 Å². The van der Waals surface area contributed by atoms with Gasteiger partial charge >= 0.3 is 0 Å². The third-order valence-electron chi connectivity index (χ3n) is 7.80. The fraction of sp³-hybridized carbons (Fsp3) is 0.471. The summed E-state index contributed by atoms with van der Waals surface area (Å²) >= 11 is 0. The Labute approximate surface area is 254 Å². The smallest absolute Gasteiger partial charge is 0.186 e. The van der Waals surface area contributed by atoms with Gasteiger partial charge < -0.3 is 38.3 Å². The molecule has 3 aromatic carbocycles. The maximum absolute atomic E-state index is 9.86. The average Bonchev–Trinajstić information content (AvgIpc) is 3.07. The Morgan fingerprint density at radius 3 is 1.65 bits per heavy atom. The molecule has 9 nitrogen and oxygen atoms in total. The highest BCUT2D eigenvalue weighted by molar-refractivity contribution is 5.15. The van der Waals surface area contributed by atoms with Gasteiger partial charge in [-0.15, -0.1) is 0 Å². The molecule has 9 heteroatoms. The third-order valence-corrected chi connectivity index (χ3v) is 7.80. The van der Waals surface area contributed by atoms with Crippen LogP contribution in [0, 0.1) is 0 Å². The van der Waals surface area contributed by atoms with Crippen molar-refractivity contribution < 1.29 is 38.3 Å². The lowest BCUT2D eigenvalue weighted by Gasteiger charge is -2.47. The second-order valence-electron chi connectivity index (χ2n) is 10.9. The minimum Gasteiger partial charge on any atom is -0.394 e. The molecule has 0 saturated carbocycles. The van der Waals surface area contributed by atoms with Crippen molar-refractivity contribution in [3.8, 4) is 0 Å². The third kappa shape index (κ3) is 8.92. The fourth-order valence-corrected chi connectivity index (χ4v) is 5.59. The molecule has 0 spiro atoms. The van der Waals surface area contributed by atoms with Crippen LogP contribution in [0.15, 0.2) is 91.0 Å². The Hall–Kier alpha value is -2.70. The van der Waals surface area contributed by atoms with Crippen LogP contribution >= 0.6 is 0 Å². The van der Waals surface area contributed by atoms with Crippen molar-refractivity contribution >= 4 is 0 Å². The standard InChI is InChI=1S/C34H43NO8/c1-37-30-20-35(18-28(21-36)42-30)19-29-31(39-22-25-12-6-3-7-13-25)32(40-23-26-14-8-4-9-15-26)33(34(38-2)43-29)41-24-27-16-10-5-11-17-27/h3-17,28-34,36H,18-24H2,1-2H3/t28-,29?,30-,31?,32?,33?,34?/m0/s1. The van der Waals surface area contributed by atoms with Crippen molar-refractivity contribution in [3.05, 3.63) is 108 Å². The van der Waals surface area contributed by atoms with Gasteiger partial charge in [0.2, 0.25) is 0 Å². The van der Waals surface area contributed by atoms with Gasteiger partial charge in [-0.3, -0.25) is 4.90 Å². The van der Waals surface area contributed by atoms with Gasteiger partial charge in [0.25, 0.3) is 0 Å². The maximum atomic E-state index is 9.86. The van der Waals surface area contributed by atoms with E-state index in [0.29, 0.717) is 39.5 Å². The van der Waals surface area contributed by atoms with E-state index in [2.05, 4.69) is 4.90 Å². The van der Waals surface area contributed by atoms with Crippen molar-refractivity contribution in [2.75, 3.05) is 40.5 Å². The van der Waals surface area contributed by atoms with E-state index in [1.807, 2.05) is 91.0 Å². The Bertz CT molecular complexity index is 1170. The minimum atomic E-state index is -0.695. The number of ether oxygens (including phenoxy) is 7. The van der Waals surface area contributed by atoms with Gasteiger partial charge in [-0.05, 0) is 16.7 Å². The van der Waals surface area contributed by atoms with Gasteiger partial charge in [0.15, 0.2) is 12.6 Å². The molecule has 7 atom stereocenters. The number of benzene rings is 3. The van der Waals surface area contributed by atoms with E-state index in [9.17, 15) is 5.11 Å². The largest absolute Gasteiger partial charge is 0.394 e. The molecule has 0 bridgehead atoms. The lowest BCUT2D eigenvalue weighted by atomic mass is 9.96. The Kier molecular flexibility index (Phi) is 12.1. The molecule has 5 unspecified atom stereocenters. The first-order valence-electron chi connectivity index (χ1n) is 14.8. The Morgan fingerprint density at radius 1 is 0.651 bits per heavy atom. The van der Waals surface area contributed by atoms with Gasteiger partial charge in [0, 0.05) is 33.9 Å². The molecule has 2 saturated heterocycles. The van der Waals surface area contributed by atoms with E-state index in [1.54, 1.807) is 14.2 Å². The minimum absolute atomic E-state index is 0.102. The van der Waals surface area contributed by atoms with Crippen LogP contribution in [0.5, 0.6) is 0 Å². The highest BCUT2D eigenvalue weighted by atomic mass is 16.7. The van der Waals surface area contributed by atoms with Crippen LogP contribution in [-0.2, 0) is 53.0 Å². The molecule has 2 aliphatic rings. The number of aliphatic hydroxyl groups is 1. The predicted octanol–water partition coefficient (Wildman–Crippen LogP) is 3.78. The summed E-state index contributed by atoms with van der Waals surface area (Å²) in [7, 11) is 3.23. The topological polar surface area (TPSA) is 88.1 Å². The fourth-order valence-electron chi connectivity index (χ4n) is 5.59.